The number of Topliss-reactive ketones (excluding diaryl/α,β-unsaturated/α-hetero) is 1. The fourth-order valence-corrected chi connectivity index (χ4v) is 3.88. The van der Waals surface area contributed by atoms with Crippen LogP contribution < -0.4 is 4.74 Å². The van der Waals surface area contributed by atoms with Gasteiger partial charge in [0.25, 0.3) is 0 Å². The molecule has 1 fully saturated rings. The van der Waals surface area contributed by atoms with Gasteiger partial charge in [-0.2, -0.15) is 0 Å². The zero-order chi connectivity index (χ0) is 21.8. The van der Waals surface area contributed by atoms with Gasteiger partial charge in [0.05, 0.1) is 29.8 Å². The van der Waals surface area contributed by atoms with E-state index in [1.54, 1.807) is 17.0 Å². The van der Waals surface area contributed by atoms with Crippen molar-refractivity contribution in [3.05, 3.63) is 39.8 Å². The zero-order valence-corrected chi connectivity index (χ0v) is 17.2. The molecule has 3 rings (SSSR count). The fourth-order valence-electron chi connectivity index (χ4n) is 3.32. The van der Waals surface area contributed by atoms with Gasteiger partial charge < -0.3 is 35.0 Å². The summed E-state index contributed by atoms with van der Waals surface area (Å²) < 4.78 is 11.1. The Morgan fingerprint density at radius 1 is 1.20 bits per heavy atom. The summed E-state index contributed by atoms with van der Waals surface area (Å²) in [5.74, 6) is -0.206. The highest BCUT2D eigenvalue weighted by Crippen LogP contribution is 2.31. The number of aryl methyl sites for hydroxylation is 1. The van der Waals surface area contributed by atoms with E-state index in [1.165, 1.54) is 17.4 Å². The van der Waals surface area contributed by atoms with Gasteiger partial charge in [-0.05, 0) is 18.1 Å². The summed E-state index contributed by atoms with van der Waals surface area (Å²) in [5.41, 5.74) is 3.10. The molecule has 2 heterocycles. The molecule has 0 spiro atoms. The van der Waals surface area contributed by atoms with Crippen LogP contribution in [-0.2, 0) is 17.6 Å². The number of carbonyl (C=O) groups is 1. The van der Waals surface area contributed by atoms with Crippen molar-refractivity contribution < 1.29 is 39.8 Å². The minimum atomic E-state index is -1.49. The van der Waals surface area contributed by atoms with E-state index in [1.807, 2.05) is 6.92 Å². The average Bonchev–Trinajstić information content (AvgIpc) is 3.24. The molecule has 5 N–H and O–H groups in total. The molecule has 1 saturated heterocycles. The van der Waals surface area contributed by atoms with Crippen molar-refractivity contribution >= 4 is 17.1 Å². The Kier molecular flexibility index (Phi) is 7.40. The Hall–Kier alpha value is -2.08. The van der Waals surface area contributed by atoms with Crippen LogP contribution in [0.3, 0.4) is 0 Å². The van der Waals surface area contributed by atoms with Gasteiger partial charge in [-0.15, -0.1) is 11.3 Å². The lowest BCUT2D eigenvalue weighted by atomic mass is 9.95. The molecule has 2 aromatic rings. The lowest BCUT2D eigenvalue weighted by Crippen LogP contribution is -2.59. The number of ether oxygens (including phenoxy) is 2. The van der Waals surface area contributed by atoms with Crippen molar-refractivity contribution in [1.29, 1.82) is 0 Å². The van der Waals surface area contributed by atoms with Crippen LogP contribution in [0.1, 0.15) is 28.5 Å². The van der Waals surface area contributed by atoms with Crippen LogP contribution in [0, 0.1) is 0 Å². The number of hydrogen-bond donors (Lipinski definition) is 5. The topological polar surface area (TPSA) is 150 Å². The number of thiazole rings is 1. The molecule has 1 aliphatic rings. The summed E-state index contributed by atoms with van der Waals surface area (Å²) in [4.78, 5) is 16.6. The summed E-state index contributed by atoms with van der Waals surface area (Å²) in [6.45, 7) is 1.14. The fraction of sp³-hybridized carbons (Fsp3) is 0.500. The van der Waals surface area contributed by atoms with Gasteiger partial charge in [0.1, 0.15) is 48.6 Å². The second-order valence-corrected chi connectivity index (χ2v) is 7.81. The predicted octanol–water partition coefficient (Wildman–Crippen LogP) is 0.0577. The van der Waals surface area contributed by atoms with Crippen LogP contribution in [0.5, 0.6) is 11.5 Å². The van der Waals surface area contributed by atoms with Crippen molar-refractivity contribution in [2.24, 2.45) is 0 Å². The van der Waals surface area contributed by atoms with Crippen LogP contribution in [0.2, 0.25) is 0 Å². The molecular weight excluding hydrogens is 414 g/mol. The summed E-state index contributed by atoms with van der Waals surface area (Å²) >= 11 is 1.39. The van der Waals surface area contributed by atoms with Gasteiger partial charge in [0.2, 0.25) is 0 Å². The van der Waals surface area contributed by atoms with Crippen molar-refractivity contribution in [1.82, 2.24) is 4.98 Å². The number of benzene rings is 1. The van der Waals surface area contributed by atoms with Crippen molar-refractivity contribution in [2.75, 3.05) is 13.2 Å². The minimum absolute atomic E-state index is 0.0747. The van der Waals surface area contributed by atoms with Gasteiger partial charge in [-0.25, -0.2) is 4.98 Å². The number of ketones is 1. The third-order valence-corrected chi connectivity index (χ3v) is 5.71. The van der Waals surface area contributed by atoms with Gasteiger partial charge in [-0.1, -0.05) is 6.92 Å². The number of phenols is 1. The van der Waals surface area contributed by atoms with Gasteiger partial charge in [-0.3, -0.25) is 4.79 Å². The molecule has 5 atom stereocenters. The first-order chi connectivity index (χ1) is 14.3. The van der Waals surface area contributed by atoms with E-state index in [0.29, 0.717) is 23.4 Å². The average molecular weight is 439 g/mol. The second-order valence-electron chi connectivity index (χ2n) is 7.09. The lowest BCUT2D eigenvalue weighted by molar-refractivity contribution is -0.234. The van der Waals surface area contributed by atoms with Gasteiger partial charge in [0.15, 0.2) is 5.78 Å². The van der Waals surface area contributed by atoms with Crippen molar-refractivity contribution in [2.45, 2.75) is 50.3 Å². The zero-order valence-electron chi connectivity index (χ0n) is 16.3. The molecule has 30 heavy (non-hydrogen) atoms. The van der Waals surface area contributed by atoms with E-state index >= 15 is 0 Å². The SMILES string of the molecule is CCc1cc(C(=O)Cc2cscn2)c(O)cc1OCC1OC(CO)C(O)C(O)C1O. The van der Waals surface area contributed by atoms with E-state index in [2.05, 4.69) is 4.98 Å². The highest BCUT2D eigenvalue weighted by molar-refractivity contribution is 7.07. The summed E-state index contributed by atoms with van der Waals surface area (Å²) in [7, 11) is 0. The van der Waals surface area contributed by atoms with Crippen LogP contribution in [0.4, 0.5) is 0 Å². The number of aliphatic hydroxyl groups excluding tert-OH is 4. The third kappa shape index (κ3) is 4.80. The molecule has 0 saturated carbocycles. The van der Waals surface area contributed by atoms with Crippen molar-refractivity contribution in [3.63, 3.8) is 0 Å². The molecular formula is C20H25NO8S. The minimum Gasteiger partial charge on any atom is -0.507 e. The number of aromatic hydroxyl groups is 1. The first-order valence-electron chi connectivity index (χ1n) is 9.55. The molecule has 164 valence electrons. The van der Waals surface area contributed by atoms with E-state index in [0.717, 1.165) is 0 Å². The number of carbonyl (C=O) groups excluding carboxylic acids is 1. The number of rotatable bonds is 8. The maximum absolute atomic E-state index is 12.5. The molecule has 1 aliphatic heterocycles. The van der Waals surface area contributed by atoms with Gasteiger partial charge >= 0.3 is 0 Å². The first-order valence-corrected chi connectivity index (χ1v) is 10.5. The maximum atomic E-state index is 12.5. The van der Waals surface area contributed by atoms with Gasteiger partial charge in [0, 0.05) is 11.4 Å². The molecule has 9 nitrogen and oxygen atoms in total. The van der Waals surface area contributed by atoms with E-state index in [4.69, 9.17) is 9.47 Å². The highest BCUT2D eigenvalue weighted by atomic mass is 32.1. The lowest BCUT2D eigenvalue weighted by Gasteiger charge is -2.39. The van der Waals surface area contributed by atoms with Crippen LogP contribution in [0.15, 0.2) is 23.0 Å². The van der Waals surface area contributed by atoms with Crippen LogP contribution in [-0.4, -0.2) is 80.0 Å². The molecule has 1 aromatic heterocycles. The van der Waals surface area contributed by atoms with Crippen LogP contribution in [0.25, 0.3) is 0 Å². The van der Waals surface area contributed by atoms with E-state index in [-0.39, 0.29) is 30.1 Å². The molecule has 0 amide bonds. The maximum Gasteiger partial charge on any atom is 0.172 e. The number of aromatic nitrogens is 1. The molecule has 5 unspecified atom stereocenters. The quantitative estimate of drug-likeness (QED) is 0.360. The standard InChI is InChI=1S/C20H25NO8S/c1-2-10-3-12(13(23)4-11-8-30-9-21-11)14(24)5-15(10)28-7-17-19(26)20(27)18(25)16(6-22)29-17/h3,5,8-9,16-20,22,24-27H,2,4,6-7H2,1H3. The normalized spacial score (nSPS) is 26.5. The number of aliphatic hydroxyl groups is 4. The largest absolute Gasteiger partial charge is 0.507 e. The monoisotopic (exact) mass is 439 g/mol. The number of nitrogens with zero attached hydrogens (tertiary/aromatic N) is 1. The Balaban J connectivity index is 1.73. The van der Waals surface area contributed by atoms with Crippen LogP contribution >= 0.6 is 11.3 Å². The Morgan fingerprint density at radius 3 is 2.57 bits per heavy atom. The van der Waals surface area contributed by atoms with E-state index < -0.39 is 37.1 Å². The summed E-state index contributed by atoms with van der Waals surface area (Å²) in [5, 5.41) is 51.3. The predicted molar refractivity (Wildman–Crippen MR) is 107 cm³/mol. The summed E-state index contributed by atoms with van der Waals surface area (Å²) in [6, 6.07) is 2.89. The Morgan fingerprint density at radius 2 is 1.93 bits per heavy atom. The Bertz CT molecular complexity index is 857. The number of phenolic OH excluding ortho intramolecular Hbond substituents is 1. The summed E-state index contributed by atoms with van der Waals surface area (Å²) in [6.07, 6.45) is -5.79. The second kappa shape index (κ2) is 9.82. The smallest absolute Gasteiger partial charge is 0.172 e. The molecule has 0 bridgehead atoms. The van der Waals surface area contributed by atoms with E-state index in [9.17, 15) is 30.3 Å². The Labute approximate surface area is 177 Å². The molecule has 0 radical (unpaired) electrons. The molecule has 10 heteroatoms. The third-order valence-electron chi connectivity index (χ3n) is 5.08. The van der Waals surface area contributed by atoms with Crippen molar-refractivity contribution in [3.8, 4) is 11.5 Å². The molecule has 0 aliphatic carbocycles. The molecule has 1 aromatic carbocycles. The number of hydrogen-bond acceptors (Lipinski definition) is 10. The highest BCUT2D eigenvalue weighted by Gasteiger charge is 2.43. The first kappa shape index (κ1) is 22.6.